The van der Waals surface area contributed by atoms with Crippen LogP contribution in [-0.2, 0) is 16.0 Å². The fourth-order valence-electron chi connectivity index (χ4n) is 2.01. The summed E-state index contributed by atoms with van der Waals surface area (Å²) in [5.74, 6) is -1.55. The van der Waals surface area contributed by atoms with Crippen LogP contribution < -0.4 is 11.1 Å². The van der Waals surface area contributed by atoms with E-state index in [1.54, 1.807) is 0 Å². The molecule has 5 N–H and O–H groups in total. The molecule has 20 heavy (non-hydrogen) atoms. The zero-order valence-electron chi connectivity index (χ0n) is 11.1. The molecule has 0 bridgehead atoms. The van der Waals surface area contributed by atoms with E-state index in [0.29, 0.717) is 6.42 Å². The number of aromatic amines is 1. The number of rotatable bonds is 5. The molecule has 6 heteroatoms. The van der Waals surface area contributed by atoms with Crippen LogP contribution in [0.25, 0.3) is 10.9 Å². The monoisotopic (exact) mass is 275 g/mol. The highest BCUT2D eigenvalue weighted by Gasteiger charge is 2.20. The summed E-state index contributed by atoms with van der Waals surface area (Å²) in [6.45, 7) is 1.40. The molecule has 1 heterocycles. The van der Waals surface area contributed by atoms with Crippen molar-refractivity contribution in [3.63, 3.8) is 0 Å². The van der Waals surface area contributed by atoms with Crippen LogP contribution in [0.4, 0.5) is 0 Å². The zero-order chi connectivity index (χ0) is 14.7. The van der Waals surface area contributed by atoms with Crippen LogP contribution in [0.2, 0.25) is 0 Å². The Morgan fingerprint density at radius 2 is 2.10 bits per heavy atom. The smallest absolute Gasteiger partial charge is 0.325 e. The lowest BCUT2D eigenvalue weighted by Crippen LogP contribution is -2.47. The summed E-state index contributed by atoms with van der Waals surface area (Å²) in [5, 5.41) is 12.1. The Labute approximate surface area is 116 Å². The number of nitrogens with one attached hydrogen (secondary N) is 2. The second kappa shape index (κ2) is 5.75. The number of hydrogen-bond acceptors (Lipinski definition) is 3. The van der Waals surface area contributed by atoms with E-state index in [2.05, 4.69) is 10.3 Å². The number of fused-ring (bicyclic) bond motifs is 1. The van der Waals surface area contributed by atoms with Crippen molar-refractivity contribution in [3.8, 4) is 0 Å². The molecule has 2 rings (SSSR count). The van der Waals surface area contributed by atoms with Gasteiger partial charge in [0.15, 0.2) is 0 Å². The maximum absolute atomic E-state index is 11.8. The summed E-state index contributed by atoms with van der Waals surface area (Å²) in [6.07, 6.45) is 2.17. The van der Waals surface area contributed by atoms with Gasteiger partial charge in [0, 0.05) is 17.1 Å². The number of aliphatic carboxylic acids is 1. The van der Waals surface area contributed by atoms with Crippen molar-refractivity contribution in [2.24, 2.45) is 5.73 Å². The first-order chi connectivity index (χ1) is 9.49. The van der Waals surface area contributed by atoms with Crippen molar-refractivity contribution < 1.29 is 14.7 Å². The van der Waals surface area contributed by atoms with Gasteiger partial charge in [-0.1, -0.05) is 18.2 Å². The molecule has 0 radical (unpaired) electrons. The molecule has 0 saturated carbocycles. The highest BCUT2D eigenvalue weighted by atomic mass is 16.4. The number of hydrogen-bond donors (Lipinski definition) is 4. The Morgan fingerprint density at radius 3 is 2.80 bits per heavy atom. The van der Waals surface area contributed by atoms with Crippen molar-refractivity contribution in [2.45, 2.75) is 25.4 Å². The summed E-state index contributed by atoms with van der Waals surface area (Å²) in [7, 11) is 0. The van der Waals surface area contributed by atoms with Gasteiger partial charge in [0.1, 0.15) is 6.04 Å². The number of aromatic nitrogens is 1. The van der Waals surface area contributed by atoms with E-state index in [0.717, 1.165) is 16.5 Å². The lowest BCUT2D eigenvalue weighted by Gasteiger charge is -2.14. The normalized spacial score (nSPS) is 13.9. The van der Waals surface area contributed by atoms with Gasteiger partial charge in [-0.2, -0.15) is 0 Å². The molecule has 1 aromatic heterocycles. The molecule has 2 aromatic rings. The third-order valence-corrected chi connectivity index (χ3v) is 3.18. The van der Waals surface area contributed by atoms with E-state index >= 15 is 0 Å². The van der Waals surface area contributed by atoms with Crippen molar-refractivity contribution in [1.82, 2.24) is 10.3 Å². The third-order valence-electron chi connectivity index (χ3n) is 3.18. The van der Waals surface area contributed by atoms with Crippen molar-refractivity contribution in [2.75, 3.05) is 0 Å². The number of carbonyl (C=O) groups excluding carboxylic acids is 1. The molecule has 0 aliphatic carbocycles. The van der Waals surface area contributed by atoms with Crippen LogP contribution in [0, 0.1) is 0 Å². The Morgan fingerprint density at radius 1 is 1.40 bits per heavy atom. The van der Waals surface area contributed by atoms with Gasteiger partial charge in [-0.15, -0.1) is 0 Å². The molecule has 1 aromatic carbocycles. The molecule has 2 unspecified atom stereocenters. The highest BCUT2D eigenvalue weighted by molar-refractivity contribution is 5.88. The lowest BCUT2D eigenvalue weighted by molar-refractivity contribution is -0.141. The summed E-state index contributed by atoms with van der Waals surface area (Å²) >= 11 is 0. The first-order valence-corrected chi connectivity index (χ1v) is 6.33. The van der Waals surface area contributed by atoms with Crippen LogP contribution in [0.15, 0.2) is 30.5 Å². The van der Waals surface area contributed by atoms with Crippen molar-refractivity contribution in [3.05, 3.63) is 36.0 Å². The molecule has 106 valence electrons. The predicted octanol–water partition coefficient (Wildman–Crippen LogP) is 0.627. The van der Waals surface area contributed by atoms with E-state index < -0.39 is 24.0 Å². The molecule has 0 aliphatic heterocycles. The first-order valence-electron chi connectivity index (χ1n) is 6.33. The molecule has 0 spiro atoms. The third kappa shape index (κ3) is 2.97. The minimum atomic E-state index is -1.09. The molecule has 6 nitrogen and oxygen atoms in total. The maximum Gasteiger partial charge on any atom is 0.325 e. The molecule has 0 aliphatic rings. The van der Waals surface area contributed by atoms with Gasteiger partial charge in [-0.05, 0) is 25.0 Å². The van der Waals surface area contributed by atoms with Crippen LogP contribution in [-0.4, -0.2) is 34.1 Å². The number of amides is 1. The van der Waals surface area contributed by atoms with Crippen molar-refractivity contribution in [1.29, 1.82) is 0 Å². The summed E-state index contributed by atoms with van der Waals surface area (Å²) in [4.78, 5) is 25.6. The van der Waals surface area contributed by atoms with Crippen LogP contribution in [0.5, 0.6) is 0 Å². The van der Waals surface area contributed by atoms with E-state index in [9.17, 15) is 9.59 Å². The largest absolute Gasteiger partial charge is 0.480 e. The van der Waals surface area contributed by atoms with E-state index in [4.69, 9.17) is 10.8 Å². The Hall–Kier alpha value is -2.34. The zero-order valence-corrected chi connectivity index (χ0v) is 11.1. The number of H-pyrrole nitrogens is 1. The first kappa shape index (κ1) is 14.1. The number of carboxylic acids is 1. The molecule has 0 fully saturated rings. The van der Waals surface area contributed by atoms with Gasteiger partial charge < -0.3 is 21.1 Å². The topological polar surface area (TPSA) is 108 Å². The number of carbonyl (C=O) groups is 2. The van der Waals surface area contributed by atoms with Gasteiger partial charge in [0.2, 0.25) is 5.91 Å². The van der Waals surface area contributed by atoms with Crippen LogP contribution >= 0.6 is 0 Å². The number of benzene rings is 1. The average Bonchev–Trinajstić information content (AvgIpc) is 2.82. The second-order valence-corrected chi connectivity index (χ2v) is 4.74. The fourth-order valence-corrected chi connectivity index (χ4v) is 2.01. The predicted molar refractivity (Wildman–Crippen MR) is 75.2 cm³/mol. The quantitative estimate of drug-likeness (QED) is 0.641. The Bertz CT molecular complexity index is 635. The van der Waals surface area contributed by atoms with Crippen LogP contribution in [0.1, 0.15) is 12.5 Å². The summed E-state index contributed by atoms with van der Waals surface area (Å²) in [5.41, 5.74) is 7.75. The maximum atomic E-state index is 11.8. The van der Waals surface area contributed by atoms with Gasteiger partial charge in [-0.25, -0.2) is 0 Å². The molecular weight excluding hydrogens is 258 g/mol. The van der Waals surface area contributed by atoms with E-state index in [1.807, 2.05) is 30.5 Å². The van der Waals surface area contributed by atoms with E-state index in [1.165, 1.54) is 6.92 Å². The standard InChI is InChI=1S/C14H17N3O3/c1-8(14(19)20)17-13(18)11(15)6-9-7-16-12-5-3-2-4-10(9)12/h2-5,7-8,11,16H,6,15H2,1H3,(H,17,18)(H,19,20). The minimum absolute atomic E-state index is 0.349. The minimum Gasteiger partial charge on any atom is -0.480 e. The summed E-state index contributed by atoms with van der Waals surface area (Å²) < 4.78 is 0. The van der Waals surface area contributed by atoms with Gasteiger partial charge in [0.25, 0.3) is 0 Å². The highest BCUT2D eigenvalue weighted by Crippen LogP contribution is 2.18. The van der Waals surface area contributed by atoms with E-state index in [-0.39, 0.29) is 0 Å². The SMILES string of the molecule is CC(NC(=O)C(N)Cc1c[nH]c2ccccc12)C(=O)O. The van der Waals surface area contributed by atoms with Gasteiger partial charge in [0.05, 0.1) is 6.04 Å². The second-order valence-electron chi connectivity index (χ2n) is 4.74. The Balaban J connectivity index is 2.06. The molecular formula is C14H17N3O3. The number of carboxylic acid groups (broad SMARTS) is 1. The lowest BCUT2D eigenvalue weighted by atomic mass is 10.0. The Kier molecular flexibility index (Phi) is 4.05. The number of para-hydroxylation sites is 1. The molecule has 2 atom stereocenters. The molecule has 0 saturated heterocycles. The average molecular weight is 275 g/mol. The molecule has 1 amide bonds. The number of nitrogens with two attached hydrogens (primary N) is 1. The fraction of sp³-hybridized carbons (Fsp3) is 0.286. The van der Waals surface area contributed by atoms with Crippen LogP contribution in [0.3, 0.4) is 0 Å². The van der Waals surface area contributed by atoms with Gasteiger partial charge in [-0.3, -0.25) is 9.59 Å². The van der Waals surface area contributed by atoms with Gasteiger partial charge >= 0.3 is 5.97 Å². The summed E-state index contributed by atoms with van der Waals surface area (Å²) in [6, 6.07) is 6.00. The van der Waals surface area contributed by atoms with Crippen molar-refractivity contribution >= 4 is 22.8 Å².